The minimum Gasteiger partial charge on any atom is -0.474 e. The Hall–Kier alpha value is -5.70. The van der Waals surface area contributed by atoms with Crippen LogP contribution in [0.5, 0.6) is 0 Å². The van der Waals surface area contributed by atoms with Crippen molar-refractivity contribution in [1.82, 2.24) is 34.8 Å². The van der Waals surface area contributed by atoms with Gasteiger partial charge >= 0.3 is 24.1 Å². The number of likely N-dealkylation sites (tertiary alicyclic amines) is 5. The van der Waals surface area contributed by atoms with Gasteiger partial charge in [0, 0.05) is 80.8 Å². The number of benzene rings is 3. The second-order valence-corrected chi connectivity index (χ2v) is 36.4. The zero-order valence-electron chi connectivity index (χ0n) is 67.1. The lowest BCUT2D eigenvalue weighted by atomic mass is 9.69. The van der Waals surface area contributed by atoms with E-state index in [0.717, 1.165) is 79.8 Å². The first-order valence-corrected chi connectivity index (χ1v) is 41.2. The summed E-state index contributed by atoms with van der Waals surface area (Å²) in [6.45, 7) is 35.5. The number of hydrogen-bond donors (Lipinski definition) is 4. The molecule has 9 aliphatic rings. The minimum absolute atomic E-state index is 0. The smallest absolute Gasteiger partial charge is 0.410 e. The number of piperidine rings is 8. The number of halogens is 2. The Bertz CT molecular complexity index is 3370. The molecule has 590 valence electrons. The fourth-order valence-electron chi connectivity index (χ4n) is 18.3. The number of carbonyl (C=O) groups excluding carboxylic acids is 3. The number of hydrogen-bond acceptors (Lipinski definition) is 14. The lowest BCUT2D eigenvalue weighted by molar-refractivity contribution is -0.147. The monoisotopic (exact) mass is 1550 g/mol. The molecule has 9 fully saturated rings. The number of aryl methyl sites for hydroxylation is 1. The van der Waals surface area contributed by atoms with Gasteiger partial charge in [-0.15, -0.1) is 12.4 Å². The van der Waals surface area contributed by atoms with Gasteiger partial charge in [0.25, 0.3) is 0 Å². The van der Waals surface area contributed by atoms with E-state index in [1.807, 2.05) is 70.4 Å². The van der Waals surface area contributed by atoms with Gasteiger partial charge < -0.3 is 65.2 Å². The number of rotatable bonds is 7. The van der Waals surface area contributed by atoms with E-state index in [-0.39, 0.29) is 36.7 Å². The molecule has 4 aromatic rings. The highest BCUT2D eigenvalue weighted by Gasteiger charge is 2.41. The van der Waals surface area contributed by atoms with Gasteiger partial charge in [-0.05, 0) is 310 Å². The van der Waals surface area contributed by atoms with Gasteiger partial charge in [-0.1, -0.05) is 99.3 Å². The third-order valence-electron chi connectivity index (χ3n) is 24.1. The zero-order valence-corrected chi connectivity index (χ0v) is 69.5. The van der Waals surface area contributed by atoms with Crippen LogP contribution in [0.1, 0.15) is 244 Å². The Balaban J connectivity index is 0.000000173. The van der Waals surface area contributed by atoms with Crippen LogP contribution in [-0.4, -0.2) is 176 Å². The molecule has 8 saturated heterocycles. The number of anilines is 4. The number of aliphatic carboxylic acids is 1. The van der Waals surface area contributed by atoms with Crippen LogP contribution >= 0.6 is 28.3 Å². The molecule has 0 unspecified atom stereocenters. The number of amides is 3. The maximum Gasteiger partial charge on any atom is 0.410 e. The van der Waals surface area contributed by atoms with Crippen LogP contribution < -0.4 is 26.2 Å². The lowest BCUT2D eigenvalue weighted by Gasteiger charge is -2.47. The van der Waals surface area contributed by atoms with E-state index < -0.39 is 23.1 Å². The maximum atomic E-state index is 12.9. The second kappa shape index (κ2) is 39.3. The van der Waals surface area contributed by atoms with E-state index in [1.165, 1.54) is 196 Å². The number of nitrogens with zero attached hydrogens (tertiary/aromatic N) is 8. The topological polar surface area (TPSA) is 193 Å². The first kappa shape index (κ1) is 85.9. The Morgan fingerprint density at radius 1 is 0.557 bits per heavy atom. The van der Waals surface area contributed by atoms with Crippen molar-refractivity contribution < 1.29 is 33.8 Å². The minimum atomic E-state index is -1.54. The highest BCUT2D eigenvalue weighted by molar-refractivity contribution is 9.10. The average Bonchev–Trinajstić information content (AvgIpc) is 0.826. The molecule has 20 heteroatoms. The van der Waals surface area contributed by atoms with E-state index in [4.69, 9.17) is 20.3 Å². The first-order chi connectivity index (χ1) is 49.9. The van der Waals surface area contributed by atoms with Crippen molar-refractivity contribution in [2.45, 2.75) is 240 Å². The molecular formula is C86H135BrClN11O7. The van der Waals surface area contributed by atoms with Gasteiger partial charge in [0.2, 0.25) is 0 Å². The Morgan fingerprint density at radius 3 is 1.34 bits per heavy atom. The third kappa shape index (κ3) is 25.4. The van der Waals surface area contributed by atoms with E-state index in [1.54, 1.807) is 6.07 Å². The van der Waals surface area contributed by atoms with E-state index >= 15 is 0 Å². The molecule has 106 heavy (non-hydrogen) atoms. The maximum absolute atomic E-state index is 12.9. The summed E-state index contributed by atoms with van der Waals surface area (Å²) in [6, 6.07) is 29.1. The van der Waals surface area contributed by atoms with Crippen LogP contribution in [0.2, 0.25) is 0 Å². The number of nitrogens with two attached hydrogens (primary N) is 1. The van der Waals surface area contributed by atoms with Crippen molar-refractivity contribution in [3.63, 3.8) is 0 Å². The molecule has 1 saturated carbocycles. The highest BCUT2D eigenvalue weighted by atomic mass is 79.9. The quantitative estimate of drug-likeness (QED) is 0.128. The predicted molar refractivity (Wildman–Crippen MR) is 439 cm³/mol. The van der Waals surface area contributed by atoms with Crippen LogP contribution in [0.15, 0.2) is 89.5 Å². The van der Waals surface area contributed by atoms with E-state index in [9.17, 15) is 19.2 Å². The molecular weight excluding hydrogens is 1410 g/mol. The molecule has 0 bridgehead atoms. The Morgan fingerprint density at radius 2 is 0.953 bits per heavy atom. The molecule has 8 aliphatic heterocycles. The number of ether oxygens (including phenoxy) is 2. The van der Waals surface area contributed by atoms with Gasteiger partial charge in [0.05, 0.1) is 24.0 Å². The average molecular weight is 1550 g/mol. The summed E-state index contributed by atoms with van der Waals surface area (Å²) in [5.41, 5.74) is 14.2. The van der Waals surface area contributed by atoms with Crippen LogP contribution in [0, 0.1) is 34.0 Å². The van der Waals surface area contributed by atoms with Crippen LogP contribution in [0.4, 0.5) is 32.5 Å². The molecule has 6 atom stereocenters. The summed E-state index contributed by atoms with van der Waals surface area (Å²) in [5, 5.41) is 14.3. The molecule has 1 aliphatic carbocycles. The fraction of sp³-hybridized carbons (Fsp3) is 0.686. The molecule has 3 spiro atoms. The number of nitrogens with one attached hydrogen (secondary N) is 2. The Labute approximate surface area is 652 Å². The van der Waals surface area contributed by atoms with Gasteiger partial charge in [-0.2, -0.15) is 0 Å². The third-order valence-corrected chi connectivity index (χ3v) is 24.6. The van der Waals surface area contributed by atoms with Crippen molar-refractivity contribution in [1.29, 1.82) is 0 Å². The van der Waals surface area contributed by atoms with Gasteiger partial charge in [0.1, 0.15) is 17.0 Å². The summed E-state index contributed by atoms with van der Waals surface area (Å²) in [5.74, 6) is -0.392. The summed E-state index contributed by atoms with van der Waals surface area (Å²) >= 11 is 3.46. The second-order valence-electron chi connectivity index (χ2n) is 35.5. The summed E-state index contributed by atoms with van der Waals surface area (Å²) in [7, 11) is 6.86. The molecule has 0 radical (unpaired) electrons. The predicted octanol–water partition coefficient (Wildman–Crippen LogP) is 18.3. The van der Waals surface area contributed by atoms with Crippen molar-refractivity contribution in [3.05, 3.63) is 112 Å². The van der Waals surface area contributed by atoms with E-state index in [0.29, 0.717) is 46.6 Å². The van der Waals surface area contributed by atoms with Crippen molar-refractivity contribution in [2.75, 3.05) is 127 Å². The van der Waals surface area contributed by atoms with Crippen molar-refractivity contribution in [3.8, 4) is 0 Å². The molecule has 5 N–H and O–H groups in total. The molecule has 18 nitrogen and oxygen atoms in total. The number of carboxylic acids is 1. The zero-order chi connectivity index (χ0) is 75.7. The number of nitrogen functional groups attached to an aromatic ring is 1. The summed E-state index contributed by atoms with van der Waals surface area (Å²) < 4.78 is 12.4. The van der Waals surface area contributed by atoms with Crippen molar-refractivity contribution in [2.24, 2.45) is 34.0 Å². The van der Waals surface area contributed by atoms with Crippen LogP contribution in [0.3, 0.4) is 0 Å². The molecule has 1 aromatic heterocycles. The SMILES string of the molecule is CCc1cc(NC(=O)C(=O)O)cnc1N.CN1CCCC2(CCCCC2)C1.C[C@H]1CC[C@H](c2ccc(Br)cc2)N(C(=O)OC(C)(C)C)C1.C[C@H]1CC[C@H](c2ccc(N3CCC4(CCCN(C)C4)CC3)cc2)N(C(=O)OC(C)(C)C)C1.C[C@H]1CC[C@H](c2ccc(N3CCC4(CCCN(C)C4)CC3)cc2)NC1.Cl. The number of aromatic nitrogens is 1. The Kier molecular flexibility index (Phi) is 31.8. The fourth-order valence-corrected chi connectivity index (χ4v) is 18.5. The first-order valence-electron chi connectivity index (χ1n) is 40.4. The van der Waals surface area contributed by atoms with Crippen LogP contribution in [-0.2, 0) is 25.5 Å². The summed E-state index contributed by atoms with van der Waals surface area (Å²) in [4.78, 5) is 67.0. The van der Waals surface area contributed by atoms with E-state index in [2.05, 4.69) is 159 Å². The van der Waals surface area contributed by atoms with Crippen molar-refractivity contribution >= 4 is 75.3 Å². The normalized spacial score (nSPS) is 24.7. The van der Waals surface area contributed by atoms with Gasteiger partial charge in [-0.3, -0.25) is 4.79 Å². The largest absolute Gasteiger partial charge is 0.474 e. The molecule has 9 heterocycles. The molecule has 3 aromatic carbocycles. The highest BCUT2D eigenvalue weighted by Crippen LogP contribution is 2.45. The lowest BCUT2D eigenvalue weighted by Crippen LogP contribution is -2.48. The van der Waals surface area contributed by atoms with Crippen LogP contribution in [0.25, 0.3) is 0 Å². The summed E-state index contributed by atoms with van der Waals surface area (Å²) in [6.07, 6.45) is 29.8. The van der Waals surface area contributed by atoms with Gasteiger partial charge in [0.15, 0.2) is 0 Å². The van der Waals surface area contributed by atoms with Gasteiger partial charge in [-0.25, -0.2) is 19.4 Å². The number of carbonyl (C=O) groups is 4. The molecule has 13 rings (SSSR count). The molecule has 3 amide bonds. The number of pyridine rings is 1. The number of carboxylic acid groups (broad SMARTS) is 1. The standard InChI is InChI=1S/C27H43N3O2.C22H35N3.C17H24BrNO2.C11H21N.C9H11N3O3.ClH/c1-21-7-12-24(30(19-21)25(31)32-26(2,3)4)22-8-10-23(11-9-22)29-17-14-27(15-18-29)13-6-16-28(5)20-27;1-18-4-9-21(23-16-18)19-5-7-20(8-6-19)25-14-11-22(12-15-25)10-3-13-24(2)17-22;1-12-5-10-15(13-6-8-14(18)9-7-13)19(11-12)16(20)21-17(2,3)4;1-12-9-5-8-11(10-12)6-3-2-4-7-11;1-2-5-3-6(4-11-7(5)10)12-8(13)9(14)15;/h8-11,21,24H,6-7,12-20H2,1-5H3;5-8,18,21,23H,3-4,9-17H2,1-2H3;6-9,12,15H,5,10-11H2,1-4H3;2-10H2,1H3;3-4H,2H2,1H3,(H2,10,11)(H,12,13)(H,14,15);1H/t21-,24+;18-,21+;12-,15+;;;/m000.../s1.